The molecule has 0 radical (unpaired) electrons. The van der Waals surface area contributed by atoms with Gasteiger partial charge in [-0.15, -0.1) is 24.8 Å². The zero-order chi connectivity index (χ0) is 13.5. The lowest BCUT2D eigenvalue weighted by Gasteiger charge is -2.18. The number of nitrogens with zero attached hydrogens (tertiary/aromatic N) is 1. The molecule has 1 aromatic rings. The van der Waals surface area contributed by atoms with E-state index in [-0.39, 0.29) is 30.7 Å². The number of nitrogens with one attached hydrogen (secondary N) is 2. The van der Waals surface area contributed by atoms with Gasteiger partial charge in [0.2, 0.25) is 5.91 Å². The van der Waals surface area contributed by atoms with Crippen molar-refractivity contribution in [2.24, 2.45) is 0 Å². The van der Waals surface area contributed by atoms with Crippen LogP contribution < -0.4 is 15.5 Å². The van der Waals surface area contributed by atoms with Gasteiger partial charge in [0.25, 0.3) is 0 Å². The van der Waals surface area contributed by atoms with Gasteiger partial charge >= 0.3 is 0 Å². The molecule has 4 nitrogen and oxygen atoms in total. The Kier molecular flexibility index (Phi) is 10.2. The highest BCUT2D eigenvalue weighted by atomic mass is 35.5. The number of benzene rings is 1. The molecule has 0 saturated carbocycles. The third-order valence-corrected chi connectivity index (χ3v) is 3.37. The van der Waals surface area contributed by atoms with Crippen LogP contribution in [0.5, 0.6) is 0 Å². The number of hydrogen-bond donors (Lipinski definition) is 2. The summed E-state index contributed by atoms with van der Waals surface area (Å²) in [5.41, 5.74) is 2.56. The van der Waals surface area contributed by atoms with Gasteiger partial charge in [0.1, 0.15) is 0 Å². The fourth-order valence-corrected chi connectivity index (χ4v) is 2.39. The van der Waals surface area contributed by atoms with Crippen LogP contribution in [0.3, 0.4) is 0 Å². The van der Waals surface area contributed by atoms with Crippen LogP contribution in [0, 0.1) is 0 Å². The smallest absolute Gasteiger partial charge is 0.239 e. The summed E-state index contributed by atoms with van der Waals surface area (Å²) in [7, 11) is 0. The molecule has 0 fully saturated rings. The van der Waals surface area contributed by atoms with Crippen LogP contribution >= 0.6 is 24.8 Å². The first-order valence-electron chi connectivity index (χ1n) is 7.11. The standard InChI is InChI=1S/C15H23N3O.2ClH/c1-2-8-16-9-10-17-15(19)12-18-11-7-13-5-3-4-6-14(13)18;;/h3-6,16H,2,7-12H2,1H3,(H,17,19);2*1H. The van der Waals surface area contributed by atoms with Crippen LogP contribution in [0.25, 0.3) is 0 Å². The lowest BCUT2D eigenvalue weighted by molar-refractivity contribution is -0.119. The summed E-state index contributed by atoms with van der Waals surface area (Å²) in [6.45, 7) is 6.10. The Hall–Kier alpha value is -0.970. The number of fused-ring (bicyclic) bond motifs is 1. The van der Waals surface area contributed by atoms with Gasteiger partial charge in [-0.2, -0.15) is 0 Å². The minimum atomic E-state index is 0. The number of carbonyl (C=O) groups excluding carboxylic acids is 1. The molecule has 0 aromatic heterocycles. The van der Waals surface area contributed by atoms with Crippen molar-refractivity contribution in [3.8, 4) is 0 Å². The van der Waals surface area contributed by atoms with Crippen LogP contribution in [-0.4, -0.2) is 38.6 Å². The third-order valence-electron chi connectivity index (χ3n) is 3.37. The Balaban J connectivity index is 0.00000200. The predicted molar refractivity (Wildman–Crippen MR) is 93.0 cm³/mol. The lowest BCUT2D eigenvalue weighted by Crippen LogP contribution is -2.39. The largest absolute Gasteiger partial charge is 0.362 e. The maximum Gasteiger partial charge on any atom is 0.239 e. The van der Waals surface area contributed by atoms with E-state index in [0.717, 1.165) is 32.5 Å². The number of halogens is 2. The van der Waals surface area contributed by atoms with Crippen molar-refractivity contribution in [2.45, 2.75) is 19.8 Å². The zero-order valence-electron chi connectivity index (χ0n) is 12.4. The average molecular weight is 334 g/mol. The highest BCUT2D eigenvalue weighted by Gasteiger charge is 2.19. The molecule has 6 heteroatoms. The van der Waals surface area contributed by atoms with E-state index in [1.165, 1.54) is 11.3 Å². The molecule has 1 aliphatic rings. The van der Waals surface area contributed by atoms with Crippen molar-refractivity contribution in [1.29, 1.82) is 0 Å². The second kappa shape index (κ2) is 10.7. The van der Waals surface area contributed by atoms with Gasteiger partial charge in [0.15, 0.2) is 0 Å². The molecule has 120 valence electrons. The molecule has 1 heterocycles. The number of amides is 1. The monoisotopic (exact) mass is 333 g/mol. The Labute approximate surface area is 139 Å². The van der Waals surface area contributed by atoms with Crippen molar-refractivity contribution in [1.82, 2.24) is 10.6 Å². The van der Waals surface area contributed by atoms with E-state index < -0.39 is 0 Å². The van der Waals surface area contributed by atoms with E-state index in [1.54, 1.807) is 0 Å². The number of carbonyl (C=O) groups is 1. The zero-order valence-corrected chi connectivity index (χ0v) is 14.1. The molecule has 0 unspecified atom stereocenters. The SMILES string of the molecule is CCCNCCNC(=O)CN1CCc2ccccc21.Cl.Cl. The fourth-order valence-electron chi connectivity index (χ4n) is 2.39. The highest BCUT2D eigenvalue weighted by Crippen LogP contribution is 2.26. The number of anilines is 1. The maximum atomic E-state index is 11.9. The van der Waals surface area contributed by atoms with Gasteiger partial charge in [0.05, 0.1) is 6.54 Å². The number of hydrogen-bond acceptors (Lipinski definition) is 3. The van der Waals surface area contributed by atoms with Gasteiger partial charge in [-0.25, -0.2) is 0 Å². The Morgan fingerprint density at radius 2 is 1.95 bits per heavy atom. The third kappa shape index (κ3) is 6.12. The molecule has 1 aromatic carbocycles. The van der Waals surface area contributed by atoms with Crippen LogP contribution in [0.4, 0.5) is 5.69 Å². The molecule has 0 aliphatic carbocycles. The van der Waals surface area contributed by atoms with Crippen molar-refractivity contribution in [3.63, 3.8) is 0 Å². The van der Waals surface area contributed by atoms with E-state index >= 15 is 0 Å². The molecule has 1 aliphatic heterocycles. The van der Waals surface area contributed by atoms with Crippen LogP contribution in [0.15, 0.2) is 24.3 Å². The molecule has 0 atom stereocenters. The van der Waals surface area contributed by atoms with Crippen LogP contribution in [0.2, 0.25) is 0 Å². The van der Waals surface area contributed by atoms with Crippen molar-refractivity contribution in [2.75, 3.05) is 37.6 Å². The summed E-state index contributed by atoms with van der Waals surface area (Å²) in [5, 5.41) is 6.23. The van der Waals surface area contributed by atoms with E-state index in [2.05, 4.69) is 40.7 Å². The highest BCUT2D eigenvalue weighted by molar-refractivity contribution is 5.85. The minimum absolute atomic E-state index is 0. The molecule has 0 saturated heterocycles. The van der Waals surface area contributed by atoms with Crippen molar-refractivity contribution in [3.05, 3.63) is 29.8 Å². The second-order valence-electron chi connectivity index (χ2n) is 4.90. The first-order chi connectivity index (χ1) is 9.31. The summed E-state index contributed by atoms with van der Waals surface area (Å²) in [6.07, 6.45) is 2.17. The summed E-state index contributed by atoms with van der Waals surface area (Å²) >= 11 is 0. The predicted octanol–water partition coefficient (Wildman–Crippen LogP) is 2.01. The molecular weight excluding hydrogens is 309 g/mol. The molecule has 2 rings (SSSR count). The van der Waals surface area contributed by atoms with Crippen LogP contribution in [0.1, 0.15) is 18.9 Å². The van der Waals surface area contributed by atoms with Gasteiger partial charge < -0.3 is 15.5 Å². The fraction of sp³-hybridized carbons (Fsp3) is 0.533. The van der Waals surface area contributed by atoms with Gasteiger partial charge in [0, 0.05) is 25.3 Å². The Morgan fingerprint density at radius 3 is 2.71 bits per heavy atom. The average Bonchev–Trinajstić information content (AvgIpc) is 2.82. The van der Waals surface area contributed by atoms with E-state index in [9.17, 15) is 4.79 Å². The number of rotatable bonds is 7. The van der Waals surface area contributed by atoms with Gasteiger partial charge in [-0.3, -0.25) is 4.79 Å². The lowest BCUT2D eigenvalue weighted by atomic mass is 10.2. The molecule has 1 amide bonds. The Morgan fingerprint density at radius 1 is 1.19 bits per heavy atom. The quantitative estimate of drug-likeness (QED) is 0.750. The van der Waals surface area contributed by atoms with Crippen LogP contribution in [-0.2, 0) is 11.2 Å². The van der Waals surface area contributed by atoms with E-state index in [4.69, 9.17) is 0 Å². The summed E-state index contributed by atoms with van der Waals surface area (Å²) < 4.78 is 0. The molecule has 2 N–H and O–H groups in total. The normalized spacial score (nSPS) is 12.1. The topological polar surface area (TPSA) is 44.4 Å². The molecule has 0 bridgehead atoms. The summed E-state index contributed by atoms with van der Waals surface area (Å²) in [5.74, 6) is 0.106. The van der Waals surface area contributed by atoms with Gasteiger partial charge in [-0.1, -0.05) is 25.1 Å². The summed E-state index contributed by atoms with van der Waals surface area (Å²) in [4.78, 5) is 14.0. The summed E-state index contributed by atoms with van der Waals surface area (Å²) in [6, 6.07) is 8.33. The van der Waals surface area contributed by atoms with E-state index in [0.29, 0.717) is 13.1 Å². The minimum Gasteiger partial charge on any atom is -0.362 e. The first kappa shape index (κ1) is 20.0. The van der Waals surface area contributed by atoms with Crippen molar-refractivity contribution >= 4 is 36.4 Å². The second-order valence-corrected chi connectivity index (χ2v) is 4.90. The molecule has 0 spiro atoms. The number of para-hydroxylation sites is 1. The van der Waals surface area contributed by atoms with Gasteiger partial charge in [-0.05, 0) is 31.0 Å². The first-order valence-corrected chi connectivity index (χ1v) is 7.11. The maximum absolute atomic E-state index is 11.9. The molecular formula is C15H25Cl2N3O. The molecule has 21 heavy (non-hydrogen) atoms. The van der Waals surface area contributed by atoms with E-state index in [1.807, 2.05) is 6.07 Å². The Bertz CT molecular complexity index is 429. The van der Waals surface area contributed by atoms with Crippen molar-refractivity contribution < 1.29 is 4.79 Å².